The molecule has 5 aromatic rings. The van der Waals surface area contributed by atoms with Gasteiger partial charge in [0, 0.05) is 40.1 Å². The monoisotopic (exact) mass is 580 g/mol. The van der Waals surface area contributed by atoms with Crippen molar-refractivity contribution in [2.75, 3.05) is 20.0 Å². The number of carbonyl (C=O) groups excluding carboxylic acids is 1. The maximum atomic E-state index is 12.9. The molecule has 0 fully saturated rings. The average molecular weight is 581 g/mol. The summed E-state index contributed by atoms with van der Waals surface area (Å²) in [4.78, 5) is 22.5. The predicted molar refractivity (Wildman–Crippen MR) is 146 cm³/mol. The Bertz CT molecular complexity index is 1610. The van der Waals surface area contributed by atoms with E-state index in [0.29, 0.717) is 52.2 Å². The van der Waals surface area contributed by atoms with Crippen LogP contribution < -0.4 is 9.47 Å². The van der Waals surface area contributed by atoms with Crippen LogP contribution in [0.3, 0.4) is 0 Å². The highest BCUT2D eigenvalue weighted by molar-refractivity contribution is 9.10. The minimum atomic E-state index is 0.00437. The number of hydrogen-bond acceptors (Lipinski definition) is 8. The summed E-state index contributed by atoms with van der Waals surface area (Å²) in [5.74, 6) is 2.03. The number of aryl methyl sites for hydroxylation is 4. The van der Waals surface area contributed by atoms with Crippen molar-refractivity contribution >= 4 is 50.0 Å². The number of halogens is 1. The first-order chi connectivity index (χ1) is 17.9. The Morgan fingerprint density at radius 2 is 1.73 bits per heavy atom. The van der Waals surface area contributed by atoms with Crippen molar-refractivity contribution in [1.29, 1.82) is 0 Å². The van der Waals surface area contributed by atoms with Crippen molar-refractivity contribution in [3.8, 4) is 11.5 Å². The molecule has 0 aliphatic rings. The number of hydrogen-bond donors (Lipinski definition) is 0. The van der Waals surface area contributed by atoms with Gasteiger partial charge in [-0.05, 0) is 38.1 Å². The minimum Gasteiger partial charge on any atom is -0.493 e. The van der Waals surface area contributed by atoms with Gasteiger partial charge in [0.05, 0.1) is 31.2 Å². The molecule has 0 atom stereocenters. The molecule has 9 nitrogen and oxygen atoms in total. The first-order valence-electron chi connectivity index (χ1n) is 11.6. The quantitative estimate of drug-likeness (QED) is 0.135. The SMILES string of the molecule is COc1cc2nc(SCC(=O)c3ccc(Br)cc3)n3nc(CCn4nc(C)cc4C)nc3c2cc1OC. The Hall–Kier alpha value is -3.44. The summed E-state index contributed by atoms with van der Waals surface area (Å²) in [5.41, 5.74) is 4.04. The zero-order chi connectivity index (χ0) is 26.1. The molecule has 3 heterocycles. The van der Waals surface area contributed by atoms with Gasteiger partial charge in [0.2, 0.25) is 0 Å². The lowest BCUT2D eigenvalue weighted by molar-refractivity contribution is 0.102. The number of carbonyl (C=O) groups is 1. The van der Waals surface area contributed by atoms with E-state index in [1.54, 1.807) is 30.9 Å². The van der Waals surface area contributed by atoms with Gasteiger partial charge in [0.25, 0.3) is 0 Å². The number of Topliss-reactive ketones (excluding diaryl/α,β-unsaturated/α-hetero) is 1. The number of nitrogens with zero attached hydrogens (tertiary/aromatic N) is 6. The van der Waals surface area contributed by atoms with Crippen LogP contribution in [0.1, 0.15) is 27.6 Å². The normalized spacial score (nSPS) is 11.4. The smallest absolute Gasteiger partial charge is 0.192 e. The van der Waals surface area contributed by atoms with E-state index in [2.05, 4.69) is 21.0 Å². The summed E-state index contributed by atoms with van der Waals surface area (Å²) < 4.78 is 15.6. The van der Waals surface area contributed by atoms with Crippen LogP contribution in [-0.2, 0) is 13.0 Å². The summed E-state index contributed by atoms with van der Waals surface area (Å²) >= 11 is 4.73. The zero-order valence-electron chi connectivity index (χ0n) is 20.9. The van der Waals surface area contributed by atoms with Crippen LogP contribution in [-0.4, -0.2) is 55.1 Å². The number of benzene rings is 2. The fraction of sp³-hybridized carbons (Fsp3) is 0.269. The van der Waals surface area contributed by atoms with Crippen molar-refractivity contribution in [2.45, 2.75) is 32.0 Å². The maximum absolute atomic E-state index is 12.9. The summed E-state index contributed by atoms with van der Waals surface area (Å²) in [6, 6.07) is 13.1. The van der Waals surface area contributed by atoms with Crippen LogP contribution in [0.5, 0.6) is 11.5 Å². The topological polar surface area (TPSA) is 96.4 Å². The Balaban J connectivity index is 1.52. The van der Waals surface area contributed by atoms with Crippen LogP contribution in [0, 0.1) is 13.8 Å². The molecule has 0 amide bonds. The molecular formula is C26H25BrN6O3S. The molecule has 0 saturated carbocycles. The molecule has 0 saturated heterocycles. The van der Waals surface area contributed by atoms with E-state index >= 15 is 0 Å². The molecule has 0 N–H and O–H groups in total. The minimum absolute atomic E-state index is 0.00437. The molecule has 3 aromatic heterocycles. The number of aromatic nitrogens is 6. The molecule has 0 aliphatic heterocycles. The third-order valence-corrected chi connectivity index (χ3v) is 7.40. The second kappa shape index (κ2) is 10.5. The third kappa shape index (κ3) is 5.19. The summed E-state index contributed by atoms with van der Waals surface area (Å²) in [6.07, 6.45) is 0.598. The number of thioether (sulfide) groups is 1. The van der Waals surface area contributed by atoms with Crippen LogP contribution in [0.2, 0.25) is 0 Å². The van der Waals surface area contributed by atoms with E-state index in [4.69, 9.17) is 24.5 Å². The largest absolute Gasteiger partial charge is 0.493 e. The highest BCUT2D eigenvalue weighted by Gasteiger charge is 2.18. The number of ether oxygens (including phenoxy) is 2. The Morgan fingerprint density at radius 1 is 1.00 bits per heavy atom. The van der Waals surface area contributed by atoms with E-state index in [1.807, 2.05) is 48.9 Å². The number of fused-ring (bicyclic) bond motifs is 3. The maximum Gasteiger partial charge on any atom is 0.192 e. The lowest BCUT2D eigenvalue weighted by atomic mass is 10.2. The molecule has 0 unspecified atom stereocenters. The Labute approximate surface area is 226 Å². The Kier molecular flexibility index (Phi) is 7.16. The van der Waals surface area contributed by atoms with Gasteiger partial charge in [-0.1, -0.05) is 39.8 Å². The molecule has 0 radical (unpaired) electrons. The van der Waals surface area contributed by atoms with Crippen molar-refractivity contribution in [2.24, 2.45) is 0 Å². The van der Waals surface area contributed by atoms with Gasteiger partial charge in [-0.3, -0.25) is 9.48 Å². The van der Waals surface area contributed by atoms with Crippen molar-refractivity contribution < 1.29 is 14.3 Å². The lowest BCUT2D eigenvalue weighted by Gasteiger charge is -2.11. The van der Waals surface area contributed by atoms with Gasteiger partial charge in [-0.25, -0.2) is 9.97 Å². The van der Waals surface area contributed by atoms with E-state index in [1.165, 1.54) is 11.8 Å². The molecular weight excluding hydrogens is 556 g/mol. The van der Waals surface area contributed by atoms with Gasteiger partial charge in [0.15, 0.2) is 33.9 Å². The number of ketones is 1. The van der Waals surface area contributed by atoms with Crippen molar-refractivity contribution in [3.05, 3.63) is 69.7 Å². The standard InChI is InChI=1S/C26H25BrN6O3S/c1-15-11-16(2)32(30-15)10-9-24-29-25-19-12-22(35-3)23(36-4)13-20(19)28-26(33(25)31-24)37-14-21(34)17-5-7-18(27)8-6-17/h5-8,11-13H,9-10,14H2,1-4H3. The van der Waals surface area contributed by atoms with Crippen LogP contribution >= 0.6 is 27.7 Å². The average Bonchev–Trinajstić information content (AvgIpc) is 3.47. The van der Waals surface area contributed by atoms with Crippen LogP contribution in [0.4, 0.5) is 0 Å². The van der Waals surface area contributed by atoms with Crippen molar-refractivity contribution in [1.82, 2.24) is 29.4 Å². The van der Waals surface area contributed by atoms with E-state index in [9.17, 15) is 4.79 Å². The fourth-order valence-electron chi connectivity index (χ4n) is 4.11. The van der Waals surface area contributed by atoms with E-state index in [0.717, 1.165) is 21.2 Å². The highest BCUT2D eigenvalue weighted by atomic mass is 79.9. The Morgan fingerprint density at radius 3 is 2.41 bits per heavy atom. The summed E-state index contributed by atoms with van der Waals surface area (Å²) in [6.45, 7) is 4.67. The second-order valence-corrected chi connectivity index (χ2v) is 10.4. The molecule has 2 aromatic carbocycles. The summed E-state index contributed by atoms with van der Waals surface area (Å²) in [7, 11) is 3.18. The molecule has 11 heteroatoms. The number of methoxy groups -OCH3 is 2. The molecule has 0 aliphatic carbocycles. The first-order valence-corrected chi connectivity index (χ1v) is 13.4. The van der Waals surface area contributed by atoms with E-state index in [-0.39, 0.29) is 11.5 Å². The van der Waals surface area contributed by atoms with Crippen LogP contribution in [0.25, 0.3) is 16.6 Å². The molecule has 190 valence electrons. The van der Waals surface area contributed by atoms with Gasteiger partial charge in [-0.15, -0.1) is 5.10 Å². The molecule has 0 spiro atoms. The van der Waals surface area contributed by atoms with Crippen molar-refractivity contribution in [3.63, 3.8) is 0 Å². The highest BCUT2D eigenvalue weighted by Crippen LogP contribution is 2.34. The zero-order valence-corrected chi connectivity index (χ0v) is 23.3. The fourth-order valence-corrected chi connectivity index (χ4v) is 5.21. The van der Waals surface area contributed by atoms with Gasteiger partial charge in [-0.2, -0.15) is 9.61 Å². The molecule has 37 heavy (non-hydrogen) atoms. The molecule has 0 bridgehead atoms. The molecule has 5 rings (SSSR count). The predicted octanol–water partition coefficient (Wildman–Crippen LogP) is 5.09. The van der Waals surface area contributed by atoms with Crippen LogP contribution in [0.15, 0.2) is 52.1 Å². The van der Waals surface area contributed by atoms with Gasteiger partial charge in [0.1, 0.15) is 0 Å². The number of rotatable bonds is 9. The first kappa shape index (κ1) is 25.2. The summed E-state index contributed by atoms with van der Waals surface area (Å²) in [5, 5.41) is 10.7. The van der Waals surface area contributed by atoms with Gasteiger partial charge < -0.3 is 9.47 Å². The third-order valence-electron chi connectivity index (χ3n) is 5.94. The van der Waals surface area contributed by atoms with Gasteiger partial charge >= 0.3 is 0 Å². The second-order valence-electron chi connectivity index (χ2n) is 8.50. The lowest BCUT2D eigenvalue weighted by Crippen LogP contribution is -2.07. The van der Waals surface area contributed by atoms with E-state index < -0.39 is 0 Å².